The summed E-state index contributed by atoms with van der Waals surface area (Å²) in [4.78, 5) is 24.9. The molecule has 3 saturated carbocycles. The Hall–Kier alpha value is -1.12. The van der Waals surface area contributed by atoms with Crippen molar-refractivity contribution in [2.75, 3.05) is 7.11 Å². The zero-order valence-electron chi connectivity index (χ0n) is 19.4. The van der Waals surface area contributed by atoms with Crippen molar-refractivity contribution in [2.24, 2.45) is 34.5 Å². The minimum Gasteiger partial charge on any atom is -0.469 e. The van der Waals surface area contributed by atoms with Crippen LogP contribution in [-0.2, 0) is 14.3 Å². The maximum atomic E-state index is 13.5. The summed E-state index contributed by atoms with van der Waals surface area (Å²) in [5.74, 6) is 2.63. The normalized spacial score (nSPS) is 40.6. The Morgan fingerprint density at radius 1 is 1.10 bits per heavy atom. The van der Waals surface area contributed by atoms with Crippen LogP contribution >= 0.6 is 0 Å². The number of rotatable bonds is 4. The zero-order valence-corrected chi connectivity index (χ0v) is 19.4. The third-order valence-electron chi connectivity index (χ3n) is 9.19. The first-order valence-corrected chi connectivity index (χ1v) is 12.2. The molecule has 29 heavy (non-hydrogen) atoms. The van der Waals surface area contributed by atoms with Crippen LogP contribution in [0.2, 0.25) is 0 Å². The van der Waals surface area contributed by atoms with Gasteiger partial charge in [0.05, 0.1) is 7.11 Å². The van der Waals surface area contributed by atoms with Gasteiger partial charge in [0, 0.05) is 11.8 Å². The zero-order chi connectivity index (χ0) is 21.2. The molecule has 0 aliphatic heterocycles. The van der Waals surface area contributed by atoms with Crippen molar-refractivity contribution in [3.63, 3.8) is 0 Å². The molecular weight excluding hydrogens is 360 g/mol. The minimum atomic E-state index is -0.206. The summed E-state index contributed by atoms with van der Waals surface area (Å²) in [6, 6.07) is 0. The molecule has 0 aromatic carbocycles. The van der Waals surface area contributed by atoms with E-state index in [-0.39, 0.29) is 16.8 Å². The highest BCUT2D eigenvalue weighted by atomic mass is 16.5. The highest BCUT2D eigenvalue weighted by Gasteiger charge is 2.59. The number of esters is 1. The first kappa shape index (κ1) is 22.6. The van der Waals surface area contributed by atoms with Crippen molar-refractivity contribution in [1.82, 2.24) is 0 Å². The van der Waals surface area contributed by atoms with Crippen molar-refractivity contribution in [1.29, 1.82) is 0 Å². The highest BCUT2D eigenvalue weighted by Crippen LogP contribution is 2.64. The van der Waals surface area contributed by atoms with Crippen molar-refractivity contribution in [3.05, 3.63) is 11.6 Å². The van der Waals surface area contributed by atoms with E-state index in [0.29, 0.717) is 30.0 Å². The van der Waals surface area contributed by atoms with Gasteiger partial charge in [0.2, 0.25) is 0 Å². The molecule has 0 radical (unpaired) electrons. The van der Waals surface area contributed by atoms with Gasteiger partial charge in [0.15, 0.2) is 5.78 Å². The van der Waals surface area contributed by atoms with Gasteiger partial charge in [-0.2, -0.15) is 0 Å². The Labute approximate surface area is 178 Å². The van der Waals surface area contributed by atoms with Crippen molar-refractivity contribution in [2.45, 2.75) is 98.3 Å². The van der Waals surface area contributed by atoms with E-state index in [9.17, 15) is 9.59 Å². The van der Waals surface area contributed by atoms with Gasteiger partial charge < -0.3 is 4.74 Å². The monoisotopic (exact) mass is 402 g/mol. The SMILES string of the molecule is CC.COC(=O)CCCC1CCC2C3CCC4CCCCC4(C)C3=CC(=O)C12C. The third-order valence-corrected chi connectivity index (χ3v) is 9.19. The maximum absolute atomic E-state index is 13.5. The average molecular weight is 403 g/mol. The first-order valence-electron chi connectivity index (χ1n) is 12.2. The number of carbonyl (C=O) groups is 2. The fourth-order valence-corrected chi connectivity index (χ4v) is 7.52. The summed E-state index contributed by atoms with van der Waals surface area (Å²) in [5, 5.41) is 0. The smallest absolute Gasteiger partial charge is 0.305 e. The lowest BCUT2D eigenvalue weighted by molar-refractivity contribution is -0.140. The van der Waals surface area contributed by atoms with Gasteiger partial charge in [-0.25, -0.2) is 0 Å². The molecule has 0 aromatic heterocycles. The van der Waals surface area contributed by atoms with E-state index in [1.165, 1.54) is 57.6 Å². The Morgan fingerprint density at radius 3 is 2.59 bits per heavy atom. The summed E-state index contributed by atoms with van der Waals surface area (Å²) in [7, 11) is 1.45. The van der Waals surface area contributed by atoms with Gasteiger partial charge in [0.1, 0.15) is 0 Å². The van der Waals surface area contributed by atoms with E-state index in [4.69, 9.17) is 4.74 Å². The molecule has 3 heteroatoms. The molecule has 3 fully saturated rings. The molecule has 4 aliphatic rings. The van der Waals surface area contributed by atoms with E-state index < -0.39 is 0 Å². The Balaban J connectivity index is 0.00000117. The number of methoxy groups -OCH3 is 1. The number of hydrogen-bond donors (Lipinski definition) is 0. The van der Waals surface area contributed by atoms with Crippen LogP contribution in [-0.4, -0.2) is 18.9 Å². The topological polar surface area (TPSA) is 43.4 Å². The van der Waals surface area contributed by atoms with E-state index in [2.05, 4.69) is 19.9 Å². The Kier molecular flexibility index (Phi) is 6.95. The van der Waals surface area contributed by atoms with Crippen molar-refractivity contribution >= 4 is 11.8 Å². The lowest BCUT2D eigenvalue weighted by Crippen LogP contribution is -2.50. The molecule has 4 rings (SSSR count). The Morgan fingerprint density at radius 2 is 1.86 bits per heavy atom. The third kappa shape index (κ3) is 3.72. The number of ether oxygens (including phenoxy) is 1. The molecule has 164 valence electrons. The molecule has 0 bridgehead atoms. The number of allylic oxidation sites excluding steroid dienone is 2. The van der Waals surface area contributed by atoms with Crippen LogP contribution in [0.1, 0.15) is 98.3 Å². The minimum absolute atomic E-state index is 0.129. The van der Waals surface area contributed by atoms with Gasteiger partial charge in [-0.15, -0.1) is 0 Å². The summed E-state index contributed by atoms with van der Waals surface area (Å²) in [6.07, 6.45) is 14.7. The van der Waals surface area contributed by atoms with Crippen molar-refractivity contribution in [3.8, 4) is 0 Å². The molecule has 0 saturated heterocycles. The Bertz CT molecular complexity index is 650. The maximum Gasteiger partial charge on any atom is 0.305 e. The van der Waals surface area contributed by atoms with Crippen LogP contribution in [0, 0.1) is 34.5 Å². The van der Waals surface area contributed by atoms with Crippen LogP contribution < -0.4 is 0 Å². The van der Waals surface area contributed by atoms with E-state index in [1.807, 2.05) is 13.8 Å². The fraction of sp³-hybridized carbons (Fsp3) is 0.846. The van der Waals surface area contributed by atoms with Gasteiger partial charge in [0.25, 0.3) is 0 Å². The summed E-state index contributed by atoms with van der Waals surface area (Å²) >= 11 is 0. The average Bonchev–Trinajstić information content (AvgIpc) is 3.08. The number of carbonyl (C=O) groups excluding carboxylic acids is 2. The highest BCUT2D eigenvalue weighted by molar-refractivity contribution is 5.97. The standard InChI is InChI=1S/C24H36O3.C2H6/c1-23-14-5-4-7-16(23)10-12-18-19-13-11-17(8-6-9-22(26)27-3)24(19,2)21(25)15-20(18)23;1-2/h15-19H,4-14H2,1-3H3;1-2H3. The second-order valence-corrected chi connectivity index (χ2v) is 10.1. The second-order valence-electron chi connectivity index (χ2n) is 10.1. The van der Waals surface area contributed by atoms with Crippen LogP contribution in [0.15, 0.2) is 11.6 Å². The van der Waals surface area contributed by atoms with E-state index in [0.717, 1.165) is 25.2 Å². The van der Waals surface area contributed by atoms with Crippen LogP contribution in [0.25, 0.3) is 0 Å². The molecule has 0 heterocycles. The van der Waals surface area contributed by atoms with E-state index in [1.54, 1.807) is 0 Å². The van der Waals surface area contributed by atoms with Gasteiger partial charge in [-0.05, 0) is 86.5 Å². The second kappa shape index (κ2) is 8.94. The molecular formula is C26H42O3. The molecule has 6 unspecified atom stereocenters. The summed E-state index contributed by atoms with van der Waals surface area (Å²) in [6.45, 7) is 8.71. The fourth-order valence-electron chi connectivity index (χ4n) is 7.52. The summed E-state index contributed by atoms with van der Waals surface area (Å²) in [5.41, 5.74) is 1.60. The predicted molar refractivity (Wildman–Crippen MR) is 117 cm³/mol. The lowest BCUT2D eigenvalue weighted by Gasteiger charge is -2.55. The molecule has 0 aromatic rings. The molecule has 6 atom stereocenters. The van der Waals surface area contributed by atoms with Gasteiger partial charge in [-0.3, -0.25) is 9.59 Å². The lowest BCUT2D eigenvalue weighted by atomic mass is 9.48. The molecule has 0 spiro atoms. The van der Waals surface area contributed by atoms with Gasteiger partial charge in [-0.1, -0.05) is 46.1 Å². The number of fused-ring (bicyclic) bond motifs is 5. The molecule has 0 amide bonds. The number of hydrogen-bond acceptors (Lipinski definition) is 3. The first-order chi connectivity index (χ1) is 13.9. The molecule has 0 N–H and O–H groups in total. The quantitative estimate of drug-likeness (QED) is 0.504. The van der Waals surface area contributed by atoms with E-state index >= 15 is 0 Å². The van der Waals surface area contributed by atoms with Gasteiger partial charge >= 0.3 is 5.97 Å². The molecule has 3 nitrogen and oxygen atoms in total. The van der Waals surface area contributed by atoms with Crippen LogP contribution in [0.3, 0.4) is 0 Å². The molecule has 4 aliphatic carbocycles. The summed E-state index contributed by atoms with van der Waals surface area (Å²) < 4.78 is 4.78. The largest absolute Gasteiger partial charge is 0.469 e. The van der Waals surface area contributed by atoms with Crippen LogP contribution in [0.4, 0.5) is 0 Å². The predicted octanol–water partition coefficient (Wildman–Crippen LogP) is 6.50. The number of ketones is 1. The van der Waals surface area contributed by atoms with Crippen molar-refractivity contribution < 1.29 is 14.3 Å². The van der Waals surface area contributed by atoms with Crippen LogP contribution in [0.5, 0.6) is 0 Å².